The van der Waals surface area contributed by atoms with Gasteiger partial charge in [0.25, 0.3) is 11.8 Å². The van der Waals surface area contributed by atoms with E-state index < -0.39 is 0 Å². The number of benzene rings is 2. The first kappa shape index (κ1) is 19.8. The van der Waals surface area contributed by atoms with Gasteiger partial charge in [0.1, 0.15) is 5.82 Å². The van der Waals surface area contributed by atoms with Crippen LogP contribution in [-0.2, 0) is 0 Å². The zero-order valence-corrected chi connectivity index (χ0v) is 17.1. The largest absolute Gasteiger partial charge is 0.349 e. The van der Waals surface area contributed by atoms with E-state index in [9.17, 15) is 14.0 Å². The maximum Gasteiger partial charge on any atom is 0.259 e. The Hall–Kier alpha value is -3.48. The van der Waals surface area contributed by atoms with Gasteiger partial charge in [-0.1, -0.05) is 6.07 Å². The normalized spacial score (nSPS) is 13.2. The Morgan fingerprint density at radius 1 is 1.03 bits per heavy atom. The fraction of sp³-hybridized carbons (Fsp3) is 0.261. The Kier molecular flexibility index (Phi) is 5.11. The van der Waals surface area contributed by atoms with E-state index in [0.717, 1.165) is 18.4 Å². The van der Waals surface area contributed by atoms with Crippen molar-refractivity contribution in [2.45, 2.75) is 39.7 Å². The van der Waals surface area contributed by atoms with Gasteiger partial charge in [0, 0.05) is 17.3 Å². The Morgan fingerprint density at radius 2 is 1.73 bits per heavy atom. The maximum absolute atomic E-state index is 13.2. The van der Waals surface area contributed by atoms with Gasteiger partial charge in [0.2, 0.25) is 0 Å². The molecule has 0 bridgehead atoms. The molecule has 0 atom stereocenters. The molecule has 1 saturated carbocycles. The van der Waals surface area contributed by atoms with Crippen molar-refractivity contribution in [3.63, 3.8) is 0 Å². The van der Waals surface area contributed by atoms with E-state index in [0.29, 0.717) is 33.9 Å². The van der Waals surface area contributed by atoms with Gasteiger partial charge in [-0.25, -0.2) is 9.07 Å². The molecule has 0 aliphatic heterocycles. The van der Waals surface area contributed by atoms with Gasteiger partial charge in [0.05, 0.1) is 22.6 Å². The number of hydrogen-bond acceptors (Lipinski definition) is 3. The van der Waals surface area contributed by atoms with Crippen molar-refractivity contribution in [2.24, 2.45) is 0 Å². The van der Waals surface area contributed by atoms with Crippen LogP contribution in [-0.4, -0.2) is 27.6 Å². The third kappa shape index (κ3) is 3.96. The Morgan fingerprint density at radius 3 is 2.40 bits per heavy atom. The third-order valence-corrected chi connectivity index (χ3v) is 5.25. The molecule has 0 saturated heterocycles. The topological polar surface area (TPSA) is 76.0 Å². The van der Waals surface area contributed by atoms with Gasteiger partial charge in [0.15, 0.2) is 0 Å². The Bertz CT molecular complexity index is 1130. The molecular weight excluding hydrogens is 383 g/mol. The van der Waals surface area contributed by atoms with Crippen molar-refractivity contribution < 1.29 is 14.0 Å². The molecular formula is C23H23FN4O2. The lowest BCUT2D eigenvalue weighted by Gasteiger charge is -2.11. The zero-order valence-electron chi connectivity index (χ0n) is 17.1. The van der Waals surface area contributed by atoms with Gasteiger partial charge in [-0.15, -0.1) is 0 Å². The van der Waals surface area contributed by atoms with Gasteiger partial charge >= 0.3 is 0 Å². The van der Waals surface area contributed by atoms with Gasteiger partial charge in [-0.3, -0.25) is 9.59 Å². The van der Waals surface area contributed by atoms with Crippen molar-refractivity contribution in [2.75, 3.05) is 5.32 Å². The van der Waals surface area contributed by atoms with Crippen molar-refractivity contribution in [3.8, 4) is 5.69 Å². The average molecular weight is 406 g/mol. The number of aromatic nitrogens is 2. The van der Waals surface area contributed by atoms with Crippen LogP contribution in [0.15, 0.2) is 42.5 Å². The predicted octanol–water partition coefficient (Wildman–Crippen LogP) is 4.08. The van der Waals surface area contributed by atoms with Crippen LogP contribution < -0.4 is 10.6 Å². The number of carbonyl (C=O) groups is 2. The summed E-state index contributed by atoms with van der Waals surface area (Å²) in [6.45, 7) is 5.43. The summed E-state index contributed by atoms with van der Waals surface area (Å²) in [7, 11) is 0. The molecule has 1 heterocycles. The van der Waals surface area contributed by atoms with Crippen molar-refractivity contribution in [1.82, 2.24) is 15.1 Å². The second kappa shape index (κ2) is 7.74. The van der Waals surface area contributed by atoms with Crippen LogP contribution in [0.1, 0.15) is 50.5 Å². The molecule has 2 N–H and O–H groups in total. The first-order valence-corrected chi connectivity index (χ1v) is 9.88. The third-order valence-electron chi connectivity index (χ3n) is 5.25. The number of nitrogens with one attached hydrogen (secondary N) is 2. The number of aryl methyl sites for hydroxylation is 2. The van der Waals surface area contributed by atoms with Crippen LogP contribution >= 0.6 is 0 Å². The summed E-state index contributed by atoms with van der Waals surface area (Å²) in [5.74, 6) is -0.773. The minimum Gasteiger partial charge on any atom is -0.349 e. The molecule has 6 nitrogen and oxygen atoms in total. The highest BCUT2D eigenvalue weighted by atomic mass is 19.1. The maximum atomic E-state index is 13.2. The minimum atomic E-state index is -0.334. The van der Waals surface area contributed by atoms with Crippen LogP contribution in [0.4, 0.5) is 10.1 Å². The van der Waals surface area contributed by atoms with Crippen LogP contribution in [0.5, 0.6) is 0 Å². The lowest BCUT2D eigenvalue weighted by molar-refractivity contribution is 0.0949. The molecule has 1 aromatic heterocycles. The minimum absolute atomic E-state index is 0.135. The molecule has 154 valence electrons. The molecule has 4 rings (SSSR count). The molecule has 1 fully saturated rings. The fourth-order valence-corrected chi connectivity index (χ4v) is 3.38. The van der Waals surface area contributed by atoms with Crippen LogP contribution in [0, 0.1) is 26.6 Å². The van der Waals surface area contributed by atoms with Crippen LogP contribution in [0.25, 0.3) is 5.69 Å². The highest BCUT2D eigenvalue weighted by Gasteiger charge is 2.24. The van der Waals surface area contributed by atoms with E-state index in [-0.39, 0.29) is 23.7 Å². The summed E-state index contributed by atoms with van der Waals surface area (Å²) in [4.78, 5) is 25.4. The quantitative estimate of drug-likeness (QED) is 0.670. The number of nitrogens with zero attached hydrogens (tertiary/aromatic N) is 2. The van der Waals surface area contributed by atoms with Crippen molar-refractivity contribution in [1.29, 1.82) is 0 Å². The molecule has 7 heteroatoms. The molecule has 0 unspecified atom stereocenters. The highest BCUT2D eigenvalue weighted by Crippen LogP contribution is 2.23. The van der Waals surface area contributed by atoms with E-state index >= 15 is 0 Å². The number of carbonyl (C=O) groups excluding carboxylic acids is 2. The van der Waals surface area contributed by atoms with E-state index in [2.05, 4.69) is 15.7 Å². The highest BCUT2D eigenvalue weighted by molar-refractivity contribution is 6.07. The number of rotatable bonds is 5. The molecule has 1 aliphatic rings. The number of anilines is 1. The van der Waals surface area contributed by atoms with Crippen molar-refractivity contribution >= 4 is 17.5 Å². The monoisotopic (exact) mass is 406 g/mol. The number of amides is 2. The summed E-state index contributed by atoms with van der Waals surface area (Å²) in [6, 6.07) is 11.5. The van der Waals surface area contributed by atoms with E-state index in [1.807, 2.05) is 13.0 Å². The number of halogens is 1. The van der Waals surface area contributed by atoms with Gasteiger partial charge in [-0.05, 0) is 75.6 Å². The van der Waals surface area contributed by atoms with Crippen molar-refractivity contribution in [3.05, 3.63) is 76.4 Å². The lowest BCUT2D eigenvalue weighted by atomic mass is 10.1. The molecule has 2 amide bonds. The summed E-state index contributed by atoms with van der Waals surface area (Å²) in [5, 5.41) is 10.3. The molecule has 3 aromatic rings. The van der Waals surface area contributed by atoms with Gasteiger partial charge in [-0.2, -0.15) is 5.10 Å². The smallest absolute Gasteiger partial charge is 0.259 e. The Balaban J connectivity index is 1.59. The van der Waals surface area contributed by atoms with E-state index in [4.69, 9.17) is 0 Å². The Labute approximate surface area is 174 Å². The summed E-state index contributed by atoms with van der Waals surface area (Å²) >= 11 is 0. The summed E-state index contributed by atoms with van der Waals surface area (Å²) < 4.78 is 14.9. The summed E-state index contributed by atoms with van der Waals surface area (Å²) in [6.07, 6.45) is 2.02. The zero-order chi connectivity index (χ0) is 21.4. The molecule has 30 heavy (non-hydrogen) atoms. The first-order chi connectivity index (χ1) is 14.3. The van der Waals surface area contributed by atoms with Crippen LogP contribution in [0.3, 0.4) is 0 Å². The molecule has 0 radical (unpaired) electrons. The van der Waals surface area contributed by atoms with Gasteiger partial charge < -0.3 is 10.6 Å². The van der Waals surface area contributed by atoms with E-state index in [1.165, 1.54) is 12.1 Å². The summed E-state index contributed by atoms with van der Waals surface area (Å²) in [5.41, 5.74) is 4.28. The second-order valence-corrected chi connectivity index (χ2v) is 7.67. The fourth-order valence-electron chi connectivity index (χ4n) is 3.38. The predicted molar refractivity (Wildman–Crippen MR) is 113 cm³/mol. The second-order valence-electron chi connectivity index (χ2n) is 7.67. The van der Waals surface area contributed by atoms with E-state index in [1.54, 1.807) is 42.8 Å². The lowest BCUT2D eigenvalue weighted by Crippen LogP contribution is -2.25. The first-order valence-electron chi connectivity index (χ1n) is 9.88. The van der Waals surface area contributed by atoms with Crippen LogP contribution in [0.2, 0.25) is 0 Å². The SMILES string of the molecule is Cc1ccc(C(=O)NC2CC2)cc1NC(=O)c1c(C)nn(-c2ccc(F)cc2)c1C. The average Bonchev–Trinajstić information content (AvgIpc) is 3.47. The molecule has 2 aromatic carbocycles. The molecule has 1 aliphatic carbocycles. The number of hydrogen-bond donors (Lipinski definition) is 2. The standard InChI is InChI=1S/C23H23FN4O2/c1-13-4-5-16(22(29)25-18-8-9-18)12-20(13)26-23(30)21-14(2)27-28(15(21)3)19-10-6-17(24)7-11-19/h4-7,10-12,18H,8-9H2,1-3H3,(H,25,29)(H,26,30). The molecule has 0 spiro atoms.